The number of amides is 1. The summed E-state index contributed by atoms with van der Waals surface area (Å²) >= 11 is 3.52. The number of nitrogens with zero attached hydrogens (tertiary/aromatic N) is 1. The second-order valence-corrected chi connectivity index (χ2v) is 9.60. The maximum absolute atomic E-state index is 13.7. The molecule has 0 aliphatic rings. The van der Waals surface area contributed by atoms with Gasteiger partial charge in [0.15, 0.2) is 0 Å². The van der Waals surface area contributed by atoms with E-state index in [1.165, 1.54) is 0 Å². The molecule has 4 aromatic rings. The molecule has 6 heteroatoms. The number of benzene rings is 3. The monoisotopic (exact) mass is 530 g/mol. The van der Waals surface area contributed by atoms with Gasteiger partial charge >= 0.3 is 5.97 Å². The average Bonchev–Trinajstić information content (AvgIpc) is 2.84. The van der Waals surface area contributed by atoms with Crippen LogP contribution in [0.2, 0.25) is 0 Å². The lowest BCUT2D eigenvalue weighted by Gasteiger charge is -2.21. The Kier molecular flexibility index (Phi) is 7.61. The summed E-state index contributed by atoms with van der Waals surface area (Å²) in [6.07, 6.45) is 0.481. The predicted molar refractivity (Wildman–Crippen MR) is 143 cm³/mol. The normalized spacial score (nSPS) is 11.9. The van der Waals surface area contributed by atoms with Crippen molar-refractivity contribution in [1.29, 1.82) is 0 Å². The van der Waals surface area contributed by atoms with Crippen molar-refractivity contribution in [2.75, 3.05) is 6.54 Å². The van der Waals surface area contributed by atoms with Crippen LogP contribution in [0.25, 0.3) is 22.2 Å². The Balaban J connectivity index is 1.71. The number of hydrogen-bond donors (Lipinski definition) is 2. The van der Waals surface area contributed by atoms with Gasteiger partial charge in [0.05, 0.1) is 16.8 Å². The van der Waals surface area contributed by atoms with Gasteiger partial charge in [0.2, 0.25) is 0 Å². The summed E-state index contributed by atoms with van der Waals surface area (Å²) in [6.45, 7) is 4.28. The van der Waals surface area contributed by atoms with Crippen LogP contribution in [0.5, 0.6) is 0 Å². The Morgan fingerprint density at radius 2 is 1.71 bits per heavy atom. The fraction of sp³-hybridized carbons (Fsp3) is 0.207. The molecule has 178 valence electrons. The molecule has 0 saturated heterocycles. The number of aryl methyl sites for hydroxylation is 1. The number of carboxylic acid groups (broad SMARTS) is 1. The van der Waals surface area contributed by atoms with Gasteiger partial charge in [-0.1, -0.05) is 70.5 Å². The van der Waals surface area contributed by atoms with E-state index in [9.17, 15) is 14.7 Å². The van der Waals surface area contributed by atoms with Gasteiger partial charge in [-0.15, -0.1) is 0 Å². The summed E-state index contributed by atoms with van der Waals surface area (Å²) in [4.78, 5) is 29.8. The quantitative estimate of drug-likeness (QED) is 0.267. The average molecular weight is 531 g/mol. The lowest BCUT2D eigenvalue weighted by atomic mass is 9.90. The van der Waals surface area contributed by atoms with Gasteiger partial charge in [-0.3, -0.25) is 9.59 Å². The summed E-state index contributed by atoms with van der Waals surface area (Å²) in [7, 11) is 0. The van der Waals surface area contributed by atoms with Crippen molar-refractivity contribution in [3.8, 4) is 11.3 Å². The number of carbonyl (C=O) groups excluding carboxylic acids is 1. The first-order valence-corrected chi connectivity index (χ1v) is 12.3. The minimum absolute atomic E-state index is 0.0389. The van der Waals surface area contributed by atoms with Crippen LogP contribution in [0.3, 0.4) is 0 Å². The number of aliphatic carboxylic acids is 1. The number of fused-ring (bicyclic) bond motifs is 1. The number of pyridine rings is 1. The minimum Gasteiger partial charge on any atom is -0.481 e. The first-order chi connectivity index (χ1) is 16.8. The summed E-state index contributed by atoms with van der Waals surface area (Å²) in [5, 5.41) is 13.1. The predicted octanol–water partition coefficient (Wildman–Crippen LogP) is 6.66. The largest absolute Gasteiger partial charge is 0.481 e. The zero-order valence-corrected chi connectivity index (χ0v) is 21.3. The van der Waals surface area contributed by atoms with Crippen molar-refractivity contribution in [1.82, 2.24) is 10.3 Å². The molecule has 2 N–H and O–H groups in total. The number of rotatable bonds is 8. The van der Waals surface area contributed by atoms with E-state index in [1.54, 1.807) is 0 Å². The molecule has 1 atom stereocenters. The summed E-state index contributed by atoms with van der Waals surface area (Å²) in [5.41, 5.74) is 5.98. The molecule has 1 aromatic heterocycles. The van der Waals surface area contributed by atoms with Crippen LogP contribution >= 0.6 is 15.9 Å². The number of carbonyl (C=O) groups is 2. The first kappa shape index (κ1) is 24.6. The van der Waals surface area contributed by atoms with Crippen molar-refractivity contribution in [2.45, 2.75) is 32.6 Å². The Hall–Kier alpha value is -3.51. The molecule has 35 heavy (non-hydrogen) atoms. The van der Waals surface area contributed by atoms with Crippen LogP contribution in [0.1, 0.15) is 45.8 Å². The highest BCUT2D eigenvalue weighted by Gasteiger charge is 2.22. The molecule has 1 heterocycles. The second kappa shape index (κ2) is 10.8. The molecule has 0 fully saturated rings. The lowest BCUT2D eigenvalue weighted by Crippen LogP contribution is -2.30. The fourth-order valence-electron chi connectivity index (χ4n) is 4.51. The molecule has 0 aliphatic heterocycles. The van der Waals surface area contributed by atoms with E-state index in [2.05, 4.69) is 21.2 Å². The Morgan fingerprint density at radius 3 is 2.43 bits per heavy atom. The van der Waals surface area contributed by atoms with Gasteiger partial charge in [0.1, 0.15) is 0 Å². The van der Waals surface area contributed by atoms with Crippen molar-refractivity contribution in [3.05, 3.63) is 99.5 Å². The lowest BCUT2D eigenvalue weighted by molar-refractivity contribution is -0.137. The zero-order valence-electron chi connectivity index (χ0n) is 19.7. The van der Waals surface area contributed by atoms with E-state index >= 15 is 0 Å². The zero-order chi connectivity index (χ0) is 24.9. The van der Waals surface area contributed by atoms with Crippen molar-refractivity contribution in [2.24, 2.45) is 0 Å². The number of halogens is 1. The van der Waals surface area contributed by atoms with Crippen LogP contribution in [0.15, 0.2) is 77.3 Å². The highest BCUT2D eigenvalue weighted by Crippen LogP contribution is 2.31. The van der Waals surface area contributed by atoms with E-state index in [0.29, 0.717) is 18.5 Å². The Bertz CT molecular complexity index is 1390. The highest BCUT2D eigenvalue weighted by atomic mass is 79.9. The number of hydrogen-bond acceptors (Lipinski definition) is 3. The number of aromatic nitrogens is 1. The number of nitrogens with one attached hydrogen (secondary N) is 1. The highest BCUT2D eigenvalue weighted by molar-refractivity contribution is 9.10. The third-order valence-electron chi connectivity index (χ3n) is 6.31. The molecule has 0 unspecified atom stereocenters. The van der Waals surface area contributed by atoms with Crippen LogP contribution < -0.4 is 5.32 Å². The van der Waals surface area contributed by atoms with Crippen LogP contribution in [0, 0.1) is 13.8 Å². The fourth-order valence-corrected chi connectivity index (χ4v) is 4.88. The van der Waals surface area contributed by atoms with Crippen molar-refractivity contribution >= 4 is 38.7 Å². The minimum atomic E-state index is -0.844. The molecular formula is C29H27BrN2O3. The van der Waals surface area contributed by atoms with E-state index in [-0.39, 0.29) is 18.2 Å². The molecule has 3 aromatic carbocycles. The molecule has 0 saturated carbocycles. The number of carboxylic acids is 1. The molecule has 0 aliphatic carbocycles. The molecule has 1 amide bonds. The standard InChI is InChI=1S/C29H27BrN2O3/c1-18-8-6-7-11-23(18)21(12-15-26(33)34)17-31-29(35)27-19(2)28(20-9-4-3-5-10-20)32-25-14-13-22(30)16-24(25)27/h3-11,13-14,16,21H,12,15,17H2,1-2H3,(H,31,35)(H,33,34)/t21-/m0/s1. The SMILES string of the molecule is Cc1ccccc1[C@@H](CCC(=O)O)CNC(=O)c1c(C)c(-c2ccccc2)nc2ccc(Br)cc12. The third-order valence-corrected chi connectivity index (χ3v) is 6.80. The molecule has 0 bridgehead atoms. The second-order valence-electron chi connectivity index (χ2n) is 8.68. The van der Waals surface area contributed by atoms with Crippen LogP contribution in [-0.2, 0) is 4.79 Å². The molecule has 0 spiro atoms. The van der Waals surface area contributed by atoms with E-state index in [4.69, 9.17) is 4.98 Å². The maximum Gasteiger partial charge on any atom is 0.303 e. The molecule has 4 rings (SSSR count). The van der Waals surface area contributed by atoms with E-state index in [1.807, 2.05) is 86.6 Å². The molecular weight excluding hydrogens is 504 g/mol. The smallest absolute Gasteiger partial charge is 0.303 e. The topological polar surface area (TPSA) is 79.3 Å². The van der Waals surface area contributed by atoms with E-state index in [0.717, 1.165) is 43.3 Å². The third kappa shape index (κ3) is 5.60. The maximum atomic E-state index is 13.7. The summed E-state index contributed by atoms with van der Waals surface area (Å²) in [6, 6.07) is 23.5. The molecule has 0 radical (unpaired) electrons. The van der Waals surface area contributed by atoms with E-state index < -0.39 is 5.97 Å². The van der Waals surface area contributed by atoms with Gasteiger partial charge in [0.25, 0.3) is 5.91 Å². The van der Waals surface area contributed by atoms with Gasteiger partial charge in [0, 0.05) is 34.3 Å². The first-order valence-electron chi connectivity index (χ1n) is 11.6. The van der Waals surface area contributed by atoms with Gasteiger partial charge in [-0.05, 0) is 55.2 Å². The Morgan fingerprint density at radius 1 is 1.00 bits per heavy atom. The van der Waals surface area contributed by atoms with Gasteiger partial charge < -0.3 is 10.4 Å². The molecule has 5 nitrogen and oxygen atoms in total. The summed E-state index contributed by atoms with van der Waals surface area (Å²) < 4.78 is 0.868. The van der Waals surface area contributed by atoms with Crippen molar-refractivity contribution in [3.63, 3.8) is 0 Å². The van der Waals surface area contributed by atoms with Gasteiger partial charge in [-0.25, -0.2) is 4.98 Å². The van der Waals surface area contributed by atoms with Gasteiger partial charge in [-0.2, -0.15) is 0 Å². The van der Waals surface area contributed by atoms with Crippen molar-refractivity contribution < 1.29 is 14.7 Å². The van der Waals surface area contributed by atoms with Crippen LogP contribution in [-0.4, -0.2) is 28.5 Å². The summed E-state index contributed by atoms with van der Waals surface area (Å²) in [5.74, 6) is -1.15. The Labute approximate surface area is 213 Å². The van der Waals surface area contributed by atoms with Crippen LogP contribution in [0.4, 0.5) is 0 Å².